The monoisotopic (exact) mass is 684 g/mol. The molecule has 5 atom stereocenters. The van der Waals surface area contributed by atoms with E-state index in [9.17, 15) is 5.11 Å². The van der Waals surface area contributed by atoms with Crippen molar-refractivity contribution in [3.05, 3.63) is 121 Å². The van der Waals surface area contributed by atoms with Gasteiger partial charge in [0.05, 0.1) is 6.61 Å². The van der Waals surface area contributed by atoms with Crippen LogP contribution in [0.2, 0.25) is 10.1 Å². The third-order valence-corrected chi connectivity index (χ3v) is 19.8. The van der Waals surface area contributed by atoms with Gasteiger partial charge >= 0.3 is 0 Å². The van der Waals surface area contributed by atoms with Crippen LogP contribution in [0.5, 0.6) is 0 Å². The number of methoxy groups -OCH3 is 2. The molecule has 1 aliphatic rings. The summed E-state index contributed by atoms with van der Waals surface area (Å²) in [6.45, 7) is 13.7. The summed E-state index contributed by atoms with van der Waals surface area (Å²) in [7, 11) is -2.71. The van der Waals surface area contributed by atoms with Crippen LogP contribution < -0.4 is 20.7 Å². The van der Waals surface area contributed by atoms with Crippen LogP contribution in [-0.2, 0) is 23.1 Å². The zero-order chi connectivity index (χ0) is 34.6. The van der Waals surface area contributed by atoms with Crippen LogP contribution in [0.3, 0.4) is 0 Å². The lowest BCUT2D eigenvalue weighted by molar-refractivity contribution is -0.291. The Morgan fingerprint density at radius 3 is 1.23 bits per heavy atom. The van der Waals surface area contributed by atoms with Crippen molar-refractivity contribution < 1.29 is 28.2 Å². The summed E-state index contributed by atoms with van der Waals surface area (Å²) in [4.78, 5) is 0. The molecule has 4 aromatic rings. The number of ether oxygens (including phenoxy) is 3. The first-order valence-electron chi connectivity index (χ1n) is 16.8. The lowest BCUT2D eigenvalue weighted by Gasteiger charge is -2.51. The largest absolute Gasteiger partial charge is 0.405 e. The summed E-state index contributed by atoms with van der Waals surface area (Å²) in [6, 6.07) is 42.0. The zero-order valence-corrected chi connectivity index (χ0v) is 31.6. The fourth-order valence-electron chi connectivity index (χ4n) is 7.56. The van der Waals surface area contributed by atoms with E-state index in [2.05, 4.69) is 139 Å². The first kappa shape index (κ1) is 36.4. The van der Waals surface area contributed by atoms with Crippen molar-refractivity contribution in [1.82, 2.24) is 0 Å². The van der Waals surface area contributed by atoms with E-state index in [4.69, 9.17) is 23.1 Å². The summed E-state index contributed by atoms with van der Waals surface area (Å²) in [5.74, 6) is 0. The Labute approximate surface area is 289 Å². The molecule has 8 heteroatoms. The van der Waals surface area contributed by atoms with Gasteiger partial charge in [-0.1, -0.05) is 163 Å². The van der Waals surface area contributed by atoms with Crippen LogP contribution in [0.15, 0.2) is 121 Å². The molecule has 1 fully saturated rings. The third-order valence-electron chi connectivity index (χ3n) is 9.76. The number of hydrogen-bond donors (Lipinski definition) is 1. The number of hydrogen-bond acceptors (Lipinski definition) is 6. The summed E-state index contributed by atoms with van der Waals surface area (Å²) in [6.07, 6.45) is -3.94. The minimum absolute atomic E-state index is 0.194. The molecule has 0 aromatic heterocycles. The van der Waals surface area contributed by atoms with Crippen molar-refractivity contribution >= 4 is 37.4 Å². The first-order chi connectivity index (χ1) is 22.9. The van der Waals surface area contributed by atoms with E-state index in [0.29, 0.717) is 0 Å². The van der Waals surface area contributed by atoms with Gasteiger partial charge in [0.1, 0.15) is 24.4 Å². The summed E-state index contributed by atoms with van der Waals surface area (Å²) < 4.78 is 33.5. The van der Waals surface area contributed by atoms with Crippen molar-refractivity contribution in [2.45, 2.75) is 82.3 Å². The van der Waals surface area contributed by atoms with E-state index in [1.165, 1.54) is 10.4 Å². The minimum Gasteiger partial charge on any atom is -0.405 e. The van der Waals surface area contributed by atoms with E-state index >= 15 is 0 Å². The van der Waals surface area contributed by atoms with Crippen molar-refractivity contribution in [2.75, 3.05) is 20.8 Å². The molecule has 0 amide bonds. The lowest BCUT2D eigenvalue weighted by atomic mass is 9.99. The highest BCUT2D eigenvalue weighted by Crippen LogP contribution is 2.41. The number of rotatable bonds is 11. The molecule has 1 saturated heterocycles. The molecule has 48 heavy (non-hydrogen) atoms. The topological polar surface area (TPSA) is 66.4 Å². The van der Waals surface area contributed by atoms with E-state index < -0.39 is 47.3 Å². The van der Waals surface area contributed by atoms with Crippen LogP contribution in [0.4, 0.5) is 0 Å². The third kappa shape index (κ3) is 6.78. The molecule has 0 radical (unpaired) electrons. The first-order valence-corrected chi connectivity index (χ1v) is 20.7. The Morgan fingerprint density at radius 1 is 0.542 bits per heavy atom. The molecule has 4 aromatic carbocycles. The molecule has 0 spiro atoms. The summed E-state index contributed by atoms with van der Waals surface area (Å²) in [5.41, 5.74) is 0. The highest BCUT2D eigenvalue weighted by atomic mass is 28.4. The zero-order valence-electron chi connectivity index (χ0n) is 29.6. The van der Waals surface area contributed by atoms with Gasteiger partial charge < -0.3 is 28.2 Å². The van der Waals surface area contributed by atoms with Gasteiger partial charge in [0, 0.05) is 14.2 Å². The molecule has 1 aliphatic heterocycles. The van der Waals surface area contributed by atoms with Gasteiger partial charge in [-0.15, -0.1) is 0 Å². The van der Waals surface area contributed by atoms with Gasteiger partial charge in [-0.05, 0) is 30.8 Å². The maximum atomic E-state index is 11.6. The normalized spacial score (nSPS) is 22.4. The molecule has 5 rings (SSSR count). The fourth-order valence-corrected chi connectivity index (χ4v) is 16.8. The van der Waals surface area contributed by atoms with Crippen molar-refractivity contribution in [3.63, 3.8) is 0 Å². The van der Waals surface area contributed by atoms with Gasteiger partial charge in [-0.25, -0.2) is 0 Å². The second kappa shape index (κ2) is 14.9. The number of benzene rings is 4. The molecule has 0 aliphatic carbocycles. The molecular weight excluding hydrogens is 633 g/mol. The molecule has 1 N–H and O–H groups in total. The van der Waals surface area contributed by atoms with Crippen LogP contribution in [0.25, 0.3) is 0 Å². The maximum absolute atomic E-state index is 11.6. The van der Waals surface area contributed by atoms with Gasteiger partial charge in [-0.2, -0.15) is 0 Å². The maximum Gasteiger partial charge on any atom is 0.261 e. The van der Waals surface area contributed by atoms with Crippen molar-refractivity contribution in [3.8, 4) is 0 Å². The van der Waals surface area contributed by atoms with Crippen LogP contribution >= 0.6 is 0 Å². The van der Waals surface area contributed by atoms with Gasteiger partial charge in [-0.3, -0.25) is 0 Å². The van der Waals surface area contributed by atoms with Gasteiger partial charge in [0.25, 0.3) is 16.6 Å². The Hall–Kier alpha value is -2.93. The minimum atomic E-state index is -3.07. The SMILES string of the molecule is CO[C@H]1[C@@H](O[Si](c2ccccc2)(c2ccccc2)C(C)(C)C)[C@H](OC)[C@@H](CO[Si](c2ccccc2)(c2ccccc2)C(C)(C)C)O[C@@H]1O. The quantitative estimate of drug-likeness (QED) is 0.218. The Morgan fingerprint density at radius 2 is 0.896 bits per heavy atom. The lowest BCUT2D eigenvalue weighted by Crippen LogP contribution is -2.73. The van der Waals surface area contributed by atoms with Crippen LogP contribution in [-0.4, -0.2) is 73.3 Å². The second-order valence-corrected chi connectivity index (χ2v) is 23.2. The summed E-state index contributed by atoms with van der Waals surface area (Å²) >= 11 is 0. The fraction of sp³-hybridized carbons (Fsp3) is 0.400. The molecule has 0 unspecified atom stereocenters. The predicted octanol–water partition coefficient (Wildman–Crippen LogP) is 5.26. The molecular formula is C40H52O6Si2. The number of aliphatic hydroxyl groups is 1. The van der Waals surface area contributed by atoms with Crippen molar-refractivity contribution in [2.24, 2.45) is 0 Å². The number of aliphatic hydroxyl groups excluding tert-OH is 1. The Kier molecular flexibility index (Phi) is 11.3. The highest BCUT2D eigenvalue weighted by Gasteiger charge is 2.58. The van der Waals surface area contributed by atoms with E-state index in [1.807, 2.05) is 24.3 Å². The molecule has 256 valence electrons. The predicted molar refractivity (Wildman–Crippen MR) is 199 cm³/mol. The Bertz CT molecular complexity index is 1480. The summed E-state index contributed by atoms with van der Waals surface area (Å²) in [5, 5.41) is 15.7. The smallest absolute Gasteiger partial charge is 0.261 e. The molecule has 0 saturated carbocycles. The second-order valence-electron chi connectivity index (χ2n) is 14.7. The van der Waals surface area contributed by atoms with E-state index in [-0.39, 0.29) is 16.7 Å². The molecule has 0 bridgehead atoms. The van der Waals surface area contributed by atoms with E-state index in [0.717, 1.165) is 10.4 Å². The van der Waals surface area contributed by atoms with Gasteiger partial charge in [0.15, 0.2) is 6.29 Å². The van der Waals surface area contributed by atoms with E-state index in [1.54, 1.807) is 14.2 Å². The average Bonchev–Trinajstić information content (AvgIpc) is 3.08. The Balaban J connectivity index is 1.60. The molecule has 1 heterocycles. The standard InChI is InChI=1S/C40H52O6Si2/c1-39(2,3)47(30-21-13-9-14-22-30,31-23-15-10-16-24-31)44-29-34-35(42-7)36(37(43-8)38(41)45-34)46-48(40(4,5)6,32-25-17-11-18-26-32)33-27-19-12-20-28-33/h9-28,34-38,41H,29H2,1-8H3/t34-,35-,36+,37+,38+/m1/s1. The average molecular weight is 685 g/mol. The van der Waals surface area contributed by atoms with Crippen LogP contribution in [0, 0.1) is 0 Å². The van der Waals surface area contributed by atoms with Gasteiger partial charge in [0.2, 0.25) is 0 Å². The van der Waals surface area contributed by atoms with Crippen LogP contribution in [0.1, 0.15) is 41.5 Å². The highest BCUT2D eigenvalue weighted by molar-refractivity contribution is 7.00. The molecule has 6 nitrogen and oxygen atoms in total. The van der Waals surface area contributed by atoms with Crippen molar-refractivity contribution in [1.29, 1.82) is 0 Å².